The summed E-state index contributed by atoms with van der Waals surface area (Å²) < 4.78 is 30.5. The summed E-state index contributed by atoms with van der Waals surface area (Å²) in [5.41, 5.74) is 0.608. The number of hydrogen-bond donors (Lipinski definition) is 0. The van der Waals surface area contributed by atoms with E-state index in [9.17, 15) is 27.9 Å². The molecule has 1 amide bonds. The molecule has 0 spiro atoms. The van der Waals surface area contributed by atoms with Crippen molar-refractivity contribution < 1.29 is 62.2 Å². The van der Waals surface area contributed by atoms with Crippen molar-refractivity contribution in [1.29, 1.82) is 0 Å². The predicted octanol–water partition coefficient (Wildman–Crippen LogP) is -4.01. The van der Waals surface area contributed by atoms with Gasteiger partial charge in [0.15, 0.2) is 15.5 Å². The van der Waals surface area contributed by atoms with E-state index < -0.39 is 50.4 Å². The van der Waals surface area contributed by atoms with E-state index in [0.29, 0.717) is 5.56 Å². The van der Waals surface area contributed by atoms with Crippen molar-refractivity contribution in [3.63, 3.8) is 0 Å². The molecular formula is C19H19N4NaO7S. The van der Waals surface area contributed by atoms with Gasteiger partial charge < -0.3 is 19.5 Å². The zero-order chi connectivity index (χ0) is 22.6. The zero-order valence-corrected chi connectivity index (χ0v) is 20.5. The van der Waals surface area contributed by atoms with E-state index in [2.05, 4.69) is 10.3 Å². The standard InChI is InChI=1S/C19H20N4O7S.Na/c1-3-30-18(27)15-14(11-7-5-4-6-8-11)20-21-22(15)10-19(2)16(17(25)26)23-12(24)9-13(23)31(19,28)29;/h4-8,13,16H,3,9-10H2,1-2H3,(H,25,26);/q;+1/p-1/t13-,16+,19+;/m1./s1. The van der Waals surface area contributed by atoms with Crippen molar-refractivity contribution in [2.24, 2.45) is 0 Å². The molecule has 3 heterocycles. The van der Waals surface area contributed by atoms with Crippen molar-refractivity contribution in [2.75, 3.05) is 6.61 Å². The Balaban J connectivity index is 0.00000289. The molecule has 1 aromatic carbocycles. The molecule has 2 fully saturated rings. The third kappa shape index (κ3) is 3.45. The van der Waals surface area contributed by atoms with E-state index in [1.165, 1.54) is 6.92 Å². The number of carbonyl (C=O) groups excluding carboxylic acids is 3. The summed E-state index contributed by atoms with van der Waals surface area (Å²) in [7, 11) is -4.12. The molecule has 0 bridgehead atoms. The molecule has 0 aliphatic carbocycles. The maximum Gasteiger partial charge on any atom is 1.00 e. The van der Waals surface area contributed by atoms with E-state index in [1.54, 1.807) is 37.3 Å². The van der Waals surface area contributed by atoms with Gasteiger partial charge in [0.05, 0.1) is 31.6 Å². The van der Waals surface area contributed by atoms with Crippen LogP contribution in [0.1, 0.15) is 30.8 Å². The van der Waals surface area contributed by atoms with E-state index in [0.717, 1.165) is 9.58 Å². The van der Waals surface area contributed by atoms with Crippen molar-refractivity contribution >= 4 is 27.7 Å². The quantitative estimate of drug-likeness (QED) is 0.234. The first-order chi connectivity index (χ1) is 14.6. The number of ether oxygens (including phenoxy) is 1. The van der Waals surface area contributed by atoms with Gasteiger partial charge in [-0.15, -0.1) is 5.10 Å². The number of aliphatic carboxylic acids is 1. The van der Waals surface area contributed by atoms with Gasteiger partial charge in [0.2, 0.25) is 5.91 Å². The Morgan fingerprint density at radius 3 is 2.50 bits per heavy atom. The van der Waals surface area contributed by atoms with Crippen LogP contribution in [0.5, 0.6) is 0 Å². The number of hydrogen-bond acceptors (Lipinski definition) is 9. The van der Waals surface area contributed by atoms with Crippen LogP contribution < -0.4 is 34.7 Å². The number of carboxylic acids is 1. The molecule has 3 atom stereocenters. The van der Waals surface area contributed by atoms with Crippen molar-refractivity contribution in [1.82, 2.24) is 19.9 Å². The first-order valence-corrected chi connectivity index (χ1v) is 11.1. The van der Waals surface area contributed by atoms with Gasteiger partial charge in [0.1, 0.15) is 15.8 Å². The Morgan fingerprint density at radius 2 is 1.94 bits per heavy atom. The van der Waals surface area contributed by atoms with E-state index >= 15 is 0 Å². The van der Waals surface area contributed by atoms with Crippen LogP contribution in [0.2, 0.25) is 0 Å². The van der Waals surface area contributed by atoms with Gasteiger partial charge in [-0.05, 0) is 13.8 Å². The molecular weight excluding hydrogens is 451 g/mol. The number of rotatable bonds is 6. The SMILES string of the molecule is CCOC(=O)c1c(-c2ccccc2)nnn1C[C@@]1(C)[C@H](C(=O)[O-])N2C(=O)C[C@H]2S1(=O)=O.[Na+]. The number of benzene rings is 1. The molecule has 0 N–H and O–H groups in total. The minimum atomic E-state index is -4.12. The van der Waals surface area contributed by atoms with Gasteiger partial charge in [0.25, 0.3) is 0 Å². The largest absolute Gasteiger partial charge is 1.00 e. The van der Waals surface area contributed by atoms with Crippen LogP contribution in [0.3, 0.4) is 0 Å². The molecule has 0 unspecified atom stereocenters. The molecule has 2 aliphatic rings. The Morgan fingerprint density at radius 1 is 1.28 bits per heavy atom. The summed E-state index contributed by atoms with van der Waals surface area (Å²) in [6.45, 7) is 2.36. The van der Waals surface area contributed by atoms with Crippen LogP contribution in [-0.4, -0.2) is 68.9 Å². The molecule has 2 aliphatic heterocycles. The second kappa shape index (κ2) is 8.58. The number of aromatic nitrogens is 3. The average molecular weight is 470 g/mol. The molecule has 1 aromatic heterocycles. The third-order valence-electron chi connectivity index (χ3n) is 5.75. The summed E-state index contributed by atoms with van der Waals surface area (Å²) >= 11 is 0. The van der Waals surface area contributed by atoms with Crippen molar-refractivity contribution in [2.45, 2.75) is 43.0 Å². The Kier molecular flexibility index (Phi) is 6.53. The normalized spacial score (nSPS) is 25.4. The average Bonchev–Trinajstić information content (AvgIpc) is 3.18. The van der Waals surface area contributed by atoms with E-state index in [-0.39, 0.29) is 54.0 Å². The minimum absolute atomic E-state index is 0. The summed E-state index contributed by atoms with van der Waals surface area (Å²) in [4.78, 5) is 37.4. The maximum absolute atomic E-state index is 13.2. The molecule has 164 valence electrons. The van der Waals surface area contributed by atoms with Crippen LogP contribution in [0, 0.1) is 0 Å². The van der Waals surface area contributed by atoms with Gasteiger partial charge in [-0.3, -0.25) is 4.79 Å². The Labute approximate surface area is 205 Å². The molecule has 11 nitrogen and oxygen atoms in total. The van der Waals surface area contributed by atoms with Crippen LogP contribution in [0.4, 0.5) is 0 Å². The van der Waals surface area contributed by atoms with Crippen molar-refractivity contribution in [3.05, 3.63) is 36.0 Å². The number of esters is 1. The number of amides is 1. The Bertz CT molecular complexity index is 1180. The van der Waals surface area contributed by atoms with E-state index in [4.69, 9.17) is 4.74 Å². The number of β-lactam (4-membered cyclic amide) rings is 1. The van der Waals surface area contributed by atoms with Gasteiger partial charge in [0, 0.05) is 5.56 Å². The fourth-order valence-corrected chi connectivity index (χ4v) is 6.53. The smallest absolute Gasteiger partial charge is 0.548 e. The van der Waals surface area contributed by atoms with Crippen molar-refractivity contribution in [3.8, 4) is 11.3 Å². The van der Waals surface area contributed by atoms with Crippen LogP contribution in [0.15, 0.2) is 30.3 Å². The zero-order valence-electron chi connectivity index (χ0n) is 17.7. The van der Waals surface area contributed by atoms with Crippen LogP contribution in [-0.2, 0) is 30.7 Å². The number of carbonyl (C=O) groups is 3. The first-order valence-electron chi connectivity index (χ1n) is 9.55. The second-order valence-corrected chi connectivity index (χ2v) is 10.1. The van der Waals surface area contributed by atoms with Crippen LogP contribution >= 0.6 is 0 Å². The summed E-state index contributed by atoms with van der Waals surface area (Å²) in [6, 6.07) is 6.90. The fourth-order valence-electron chi connectivity index (χ4n) is 4.18. The summed E-state index contributed by atoms with van der Waals surface area (Å²) in [5, 5.41) is 18.6. The second-order valence-electron chi connectivity index (χ2n) is 7.57. The molecule has 0 radical (unpaired) electrons. The van der Waals surface area contributed by atoms with Gasteiger partial charge in [-0.25, -0.2) is 17.9 Å². The first kappa shape index (κ1) is 24.4. The number of sulfone groups is 1. The summed E-state index contributed by atoms with van der Waals surface area (Å²) in [5.74, 6) is -3.06. The molecule has 2 saturated heterocycles. The predicted molar refractivity (Wildman–Crippen MR) is 103 cm³/mol. The number of fused-ring (bicyclic) bond motifs is 1. The number of nitrogens with zero attached hydrogens (tertiary/aromatic N) is 4. The number of carboxylic acid groups (broad SMARTS) is 1. The molecule has 2 aromatic rings. The van der Waals surface area contributed by atoms with E-state index in [1.807, 2.05) is 0 Å². The minimum Gasteiger partial charge on any atom is -0.548 e. The molecule has 4 rings (SSSR count). The van der Waals surface area contributed by atoms with Crippen LogP contribution in [0.25, 0.3) is 11.3 Å². The molecule has 13 heteroatoms. The fraction of sp³-hybridized carbons (Fsp3) is 0.421. The Hall–Kier alpha value is -2.28. The van der Waals surface area contributed by atoms with Gasteiger partial charge >= 0.3 is 35.5 Å². The molecule has 32 heavy (non-hydrogen) atoms. The summed E-state index contributed by atoms with van der Waals surface area (Å²) in [6.07, 6.45) is -0.293. The maximum atomic E-state index is 13.2. The molecule has 0 saturated carbocycles. The third-order valence-corrected chi connectivity index (χ3v) is 8.51. The van der Waals surface area contributed by atoms with Gasteiger partial charge in [-0.2, -0.15) is 0 Å². The topological polar surface area (TPSA) is 152 Å². The monoisotopic (exact) mass is 470 g/mol. The van der Waals surface area contributed by atoms with Gasteiger partial charge in [-0.1, -0.05) is 35.5 Å².